The Morgan fingerprint density at radius 1 is 1.07 bits per heavy atom. The van der Waals surface area contributed by atoms with E-state index in [4.69, 9.17) is 0 Å². The molecule has 0 aliphatic carbocycles. The summed E-state index contributed by atoms with van der Waals surface area (Å²) in [5.74, 6) is 1.30. The maximum atomic E-state index is 12.8. The molecule has 1 aliphatic rings. The van der Waals surface area contributed by atoms with Crippen molar-refractivity contribution in [1.82, 2.24) is 20.1 Å². The fraction of sp³-hybridized carbons (Fsp3) is 0.312. The van der Waals surface area contributed by atoms with Gasteiger partial charge < -0.3 is 15.0 Å². The molecule has 1 aromatic heterocycles. The molecule has 1 unspecified atom stereocenters. The average molecular weight is 623 g/mol. The Kier molecular flexibility index (Phi) is 9.58. The number of aromatic nitrogens is 3. The van der Waals surface area contributed by atoms with Crippen LogP contribution in [0.5, 0.6) is 5.75 Å². The number of amides is 2. The van der Waals surface area contributed by atoms with Crippen LogP contribution in [-0.4, -0.2) is 51.2 Å². The van der Waals surface area contributed by atoms with E-state index in [9.17, 15) is 18.0 Å². The van der Waals surface area contributed by atoms with Gasteiger partial charge in [-0.25, -0.2) is 14.5 Å². The van der Waals surface area contributed by atoms with Crippen molar-refractivity contribution in [2.45, 2.75) is 40.0 Å². The average Bonchev–Trinajstić information content (AvgIpc) is 3.47. The smallest absolute Gasteiger partial charge is 0.406 e. The van der Waals surface area contributed by atoms with Crippen LogP contribution in [-0.2, 0) is 6.42 Å². The number of carbonyl (C=O) groups excluding carboxylic acids is 1. The van der Waals surface area contributed by atoms with Crippen LogP contribution in [0.2, 0.25) is 0 Å². The fourth-order valence-electron chi connectivity index (χ4n) is 5.06. The van der Waals surface area contributed by atoms with E-state index in [0.29, 0.717) is 18.1 Å². The topological polar surface area (TPSA) is 84.6 Å². The summed E-state index contributed by atoms with van der Waals surface area (Å²) in [7, 11) is 0. The summed E-state index contributed by atoms with van der Waals surface area (Å²) in [4.78, 5) is 23.7. The van der Waals surface area contributed by atoms with Gasteiger partial charge in [0.25, 0.3) is 0 Å². The van der Waals surface area contributed by atoms with Crippen LogP contribution in [0, 0.1) is 19.8 Å². The molecular formula is C32H33F3N6O2S. The van der Waals surface area contributed by atoms with Crippen LogP contribution in [0.25, 0.3) is 17.1 Å². The number of carbonyl (C=O) groups is 1. The molecular weight excluding hydrogens is 589 g/mol. The number of aryl methyl sites for hydroxylation is 2. The van der Waals surface area contributed by atoms with Gasteiger partial charge in [0.15, 0.2) is 11.0 Å². The first-order valence-electron chi connectivity index (χ1n) is 14.3. The van der Waals surface area contributed by atoms with E-state index >= 15 is 0 Å². The van der Waals surface area contributed by atoms with Crippen molar-refractivity contribution in [3.05, 3.63) is 89.7 Å². The van der Waals surface area contributed by atoms with Gasteiger partial charge in [-0.1, -0.05) is 61.2 Å². The molecule has 0 bridgehead atoms. The third kappa shape index (κ3) is 7.98. The van der Waals surface area contributed by atoms with Crippen molar-refractivity contribution >= 4 is 28.6 Å². The number of benzene rings is 3. The molecule has 1 atom stereocenters. The number of alkyl halides is 3. The Labute approximate surface area is 258 Å². The molecule has 0 radical (unpaired) electrons. The molecule has 1 aliphatic heterocycles. The van der Waals surface area contributed by atoms with Gasteiger partial charge in [0.05, 0.1) is 5.69 Å². The first-order chi connectivity index (χ1) is 21.1. The molecule has 2 heterocycles. The van der Waals surface area contributed by atoms with Crippen LogP contribution in [0.15, 0.2) is 78.0 Å². The number of thioether (sulfide) groups is 1. The highest BCUT2D eigenvalue weighted by atomic mass is 32.2. The number of hydrogen-bond donors (Lipinski definition) is 1. The Hall–Kier alpha value is -4.32. The van der Waals surface area contributed by atoms with E-state index in [1.165, 1.54) is 35.3 Å². The van der Waals surface area contributed by atoms with Crippen LogP contribution >= 0.6 is 11.8 Å². The fourth-order valence-corrected chi connectivity index (χ4v) is 6.01. The number of halogens is 3. The Morgan fingerprint density at radius 2 is 1.77 bits per heavy atom. The molecule has 3 aromatic carbocycles. The number of hydrogen-bond acceptors (Lipinski definition) is 5. The van der Waals surface area contributed by atoms with Gasteiger partial charge in [-0.2, -0.15) is 4.99 Å². The predicted octanol–water partition coefficient (Wildman–Crippen LogP) is 7.34. The molecule has 230 valence electrons. The van der Waals surface area contributed by atoms with Crippen molar-refractivity contribution in [1.29, 1.82) is 0 Å². The van der Waals surface area contributed by atoms with Crippen LogP contribution < -0.4 is 15.0 Å². The van der Waals surface area contributed by atoms with Gasteiger partial charge in [0.1, 0.15) is 12.1 Å². The second kappa shape index (κ2) is 13.5. The van der Waals surface area contributed by atoms with Gasteiger partial charge in [-0.05, 0) is 73.6 Å². The summed E-state index contributed by atoms with van der Waals surface area (Å²) >= 11 is 1.61. The summed E-state index contributed by atoms with van der Waals surface area (Å²) in [6.45, 7) is 7.57. The summed E-state index contributed by atoms with van der Waals surface area (Å²) in [6.07, 6.45) is -1.45. The normalized spacial score (nSPS) is 15.3. The number of ether oxygens (including phenoxy) is 1. The Bertz CT molecular complexity index is 1600. The second-order valence-corrected chi connectivity index (χ2v) is 11.8. The molecule has 1 fully saturated rings. The third-order valence-electron chi connectivity index (χ3n) is 7.12. The molecule has 5 rings (SSSR count). The molecule has 4 aromatic rings. The van der Waals surface area contributed by atoms with E-state index in [0.717, 1.165) is 58.2 Å². The van der Waals surface area contributed by atoms with Gasteiger partial charge in [0, 0.05) is 30.1 Å². The minimum atomic E-state index is -4.74. The summed E-state index contributed by atoms with van der Waals surface area (Å²) in [5, 5.41) is 8.16. The number of rotatable bonds is 8. The van der Waals surface area contributed by atoms with E-state index in [2.05, 4.69) is 62.9 Å². The lowest BCUT2D eigenvalue weighted by molar-refractivity contribution is -0.274. The highest BCUT2D eigenvalue weighted by Gasteiger charge is 2.31. The van der Waals surface area contributed by atoms with E-state index in [1.807, 2.05) is 30.3 Å². The number of nitrogens with zero attached hydrogens (tertiary/aromatic N) is 5. The summed E-state index contributed by atoms with van der Waals surface area (Å²) in [6, 6.07) is 19.1. The minimum Gasteiger partial charge on any atom is -0.406 e. The maximum Gasteiger partial charge on any atom is 0.573 e. The second-order valence-electron chi connectivity index (χ2n) is 10.7. The molecule has 8 nitrogen and oxygen atoms in total. The van der Waals surface area contributed by atoms with Crippen molar-refractivity contribution in [2.75, 3.05) is 23.7 Å². The third-order valence-corrected chi connectivity index (χ3v) is 8.18. The van der Waals surface area contributed by atoms with Crippen LogP contribution in [0.3, 0.4) is 0 Å². The molecule has 0 spiro atoms. The number of amidine groups is 1. The number of aliphatic imine (C=N–C) groups is 1. The zero-order valence-corrected chi connectivity index (χ0v) is 25.5. The first kappa shape index (κ1) is 31.1. The van der Waals surface area contributed by atoms with Gasteiger partial charge in [0.2, 0.25) is 0 Å². The maximum absolute atomic E-state index is 12.8. The molecule has 12 heteroatoms. The highest BCUT2D eigenvalue weighted by Crippen LogP contribution is 2.31. The number of nitrogens with one attached hydrogen (secondary N) is 1. The van der Waals surface area contributed by atoms with Crippen LogP contribution in [0.4, 0.5) is 23.7 Å². The first-order valence-corrected chi connectivity index (χ1v) is 15.2. The van der Waals surface area contributed by atoms with E-state index in [-0.39, 0.29) is 17.7 Å². The summed E-state index contributed by atoms with van der Waals surface area (Å²) < 4.78 is 42.6. The van der Waals surface area contributed by atoms with Crippen molar-refractivity contribution in [2.24, 2.45) is 10.9 Å². The predicted molar refractivity (Wildman–Crippen MR) is 168 cm³/mol. The molecule has 1 saturated heterocycles. The zero-order chi connectivity index (χ0) is 31.3. The largest absolute Gasteiger partial charge is 0.573 e. The van der Waals surface area contributed by atoms with Crippen molar-refractivity contribution < 1.29 is 22.7 Å². The lowest BCUT2D eigenvalue weighted by Crippen LogP contribution is -2.37. The number of para-hydroxylation sites is 1. The minimum absolute atomic E-state index is 0.181. The lowest BCUT2D eigenvalue weighted by atomic mass is 10.00. The zero-order valence-electron chi connectivity index (χ0n) is 24.6. The van der Waals surface area contributed by atoms with Crippen molar-refractivity contribution in [3.63, 3.8) is 0 Å². The summed E-state index contributed by atoms with van der Waals surface area (Å²) in [5.41, 5.74) is 5.91. The quantitative estimate of drug-likeness (QED) is 0.221. The molecule has 44 heavy (non-hydrogen) atoms. The van der Waals surface area contributed by atoms with Gasteiger partial charge in [-0.3, -0.25) is 0 Å². The Balaban J connectivity index is 1.15. The monoisotopic (exact) mass is 622 g/mol. The molecule has 2 amide bonds. The van der Waals surface area contributed by atoms with Gasteiger partial charge >= 0.3 is 12.4 Å². The standard InChI is InChI=1S/C32H33F3N6O2S/c1-21(19-36-30(42)38-31-40(16-5-17-44-31)28-22(2)6-4-7-23(28)3)18-24-8-10-25(11-9-24)29-37-20-41(39-29)26-12-14-27(15-13-26)43-32(33,34)35/h4,6-15,20-21H,5,16-19H2,1-3H3,(H,36,42). The highest BCUT2D eigenvalue weighted by molar-refractivity contribution is 8.14. The molecule has 1 N–H and O–H groups in total. The SMILES string of the molecule is Cc1cccc(C)c1N1CCCSC1=NC(=O)NCC(C)Cc1ccc(-c2ncn(-c3ccc(OC(F)(F)F)cc3)n2)cc1. The van der Waals surface area contributed by atoms with Crippen molar-refractivity contribution in [3.8, 4) is 22.8 Å². The van der Waals surface area contributed by atoms with Gasteiger partial charge in [-0.15, -0.1) is 18.3 Å². The van der Waals surface area contributed by atoms with E-state index < -0.39 is 6.36 Å². The molecule has 0 saturated carbocycles. The number of urea groups is 1. The Morgan fingerprint density at radius 3 is 2.45 bits per heavy atom. The lowest BCUT2D eigenvalue weighted by Gasteiger charge is -2.31. The van der Waals surface area contributed by atoms with Crippen LogP contribution in [0.1, 0.15) is 30.0 Å². The number of anilines is 1. The van der Waals surface area contributed by atoms with E-state index in [1.54, 1.807) is 11.8 Å².